The quantitative estimate of drug-likeness (QED) is 0.833. The van der Waals surface area contributed by atoms with Gasteiger partial charge in [0.1, 0.15) is 0 Å². The fourth-order valence-electron chi connectivity index (χ4n) is 2.67. The lowest BCUT2D eigenvalue weighted by atomic mass is 10.1. The van der Waals surface area contributed by atoms with E-state index in [-0.39, 0.29) is 17.4 Å². The largest absolute Gasteiger partial charge is 0.416 e. The number of halogens is 3. The minimum absolute atomic E-state index is 0.138. The first-order chi connectivity index (χ1) is 12.3. The summed E-state index contributed by atoms with van der Waals surface area (Å²) in [6.45, 7) is 5.81. The van der Waals surface area contributed by atoms with Gasteiger partial charge in [-0.2, -0.15) is 13.2 Å². The van der Waals surface area contributed by atoms with Crippen LogP contribution in [0.25, 0.3) is 0 Å². The van der Waals surface area contributed by atoms with Gasteiger partial charge >= 0.3 is 12.2 Å². The summed E-state index contributed by atoms with van der Waals surface area (Å²) in [6, 6.07) is 4.70. The lowest BCUT2D eigenvalue weighted by Gasteiger charge is -2.33. The van der Waals surface area contributed by atoms with E-state index in [2.05, 4.69) is 10.2 Å². The van der Waals surface area contributed by atoms with Crippen molar-refractivity contribution in [3.05, 3.63) is 41.3 Å². The van der Waals surface area contributed by atoms with E-state index < -0.39 is 11.7 Å². The number of hydrogen-bond donors (Lipinski definition) is 0. The summed E-state index contributed by atoms with van der Waals surface area (Å²) in [5, 5.41) is 8.01. The molecule has 0 atom stereocenters. The van der Waals surface area contributed by atoms with Gasteiger partial charge in [-0.25, -0.2) is 0 Å². The van der Waals surface area contributed by atoms with Crippen molar-refractivity contribution in [2.24, 2.45) is 0 Å². The normalized spacial score (nSPS) is 15.6. The van der Waals surface area contributed by atoms with Crippen molar-refractivity contribution in [2.45, 2.75) is 25.9 Å². The number of rotatable bonds is 3. The fraction of sp³-hybridized carbons (Fsp3) is 0.471. The molecule has 1 aromatic heterocycles. The predicted octanol–water partition coefficient (Wildman–Crippen LogP) is 3.17. The van der Waals surface area contributed by atoms with Crippen molar-refractivity contribution in [3.8, 4) is 0 Å². The zero-order chi connectivity index (χ0) is 18.9. The molecule has 1 amide bonds. The van der Waals surface area contributed by atoms with Crippen LogP contribution in [-0.4, -0.2) is 47.2 Å². The second-order valence-corrected chi connectivity index (χ2v) is 6.43. The van der Waals surface area contributed by atoms with Crippen LogP contribution in [0.1, 0.15) is 41.6 Å². The van der Waals surface area contributed by atoms with Gasteiger partial charge < -0.3 is 14.2 Å². The van der Waals surface area contributed by atoms with Crippen LogP contribution in [0.3, 0.4) is 0 Å². The van der Waals surface area contributed by atoms with Gasteiger partial charge in [0.05, 0.1) is 5.56 Å². The van der Waals surface area contributed by atoms with E-state index in [1.165, 1.54) is 12.1 Å². The van der Waals surface area contributed by atoms with E-state index >= 15 is 0 Å². The molecule has 140 valence electrons. The van der Waals surface area contributed by atoms with Crippen molar-refractivity contribution < 1.29 is 22.4 Å². The minimum Gasteiger partial charge on any atom is -0.408 e. The third-order valence-electron chi connectivity index (χ3n) is 4.22. The number of hydrogen-bond acceptors (Lipinski definition) is 5. The summed E-state index contributed by atoms with van der Waals surface area (Å²) >= 11 is 0. The highest BCUT2D eigenvalue weighted by atomic mass is 19.4. The zero-order valence-electron chi connectivity index (χ0n) is 14.5. The molecule has 9 heteroatoms. The second kappa shape index (κ2) is 6.97. The smallest absolute Gasteiger partial charge is 0.408 e. The summed E-state index contributed by atoms with van der Waals surface area (Å²) in [7, 11) is 0. The van der Waals surface area contributed by atoms with Crippen LogP contribution in [0.2, 0.25) is 0 Å². The van der Waals surface area contributed by atoms with E-state index in [0.29, 0.717) is 38.1 Å². The van der Waals surface area contributed by atoms with Gasteiger partial charge in [0.25, 0.3) is 5.91 Å². The number of benzene rings is 1. The topological polar surface area (TPSA) is 62.5 Å². The van der Waals surface area contributed by atoms with Gasteiger partial charge in [-0.3, -0.25) is 4.79 Å². The van der Waals surface area contributed by atoms with Gasteiger partial charge in [0, 0.05) is 37.7 Å². The number of carbonyl (C=O) groups excluding carboxylic acids is 1. The molecular weight excluding hydrogens is 349 g/mol. The zero-order valence-corrected chi connectivity index (χ0v) is 14.5. The number of piperazine rings is 1. The molecule has 1 aliphatic rings. The van der Waals surface area contributed by atoms with Crippen molar-refractivity contribution in [3.63, 3.8) is 0 Å². The molecule has 0 unspecified atom stereocenters. The Morgan fingerprint density at radius 3 is 2.19 bits per heavy atom. The number of carbonyl (C=O) groups is 1. The highest BCUT2D eigenvalue weighted by Gasteiger charge is 2.31. The Hall–Kier alpha value is -2.58. The van der Waals surface area contributed by atoms with E-state index in [1.807, 2.05) is 18.7 Å². The van der Waals surface area contributed by atoms with Crippen LogP contribution in [0, 0.1) is 0 Å². The van der Waals surface area contributed by atoms with Gasteiger partial charge in [-0.1, -0.05) is 18.9 Å². The number of alkyl halides is 3. The first kappa shape index (κ1) is 18.2. The number of anilines is 1. The van der Waals surface area contributed by atoms with E-state index in [4.69, 9.17) is 4.42 Å². The van der Waals surface area contributed by atoms with E-state index in [9.17, 15) is 18.0 Å². The molecular formula is C17H19F3N4O2. The first-order valence-corrected chi connectivity index (χ1v) is 8.30. The van der Waals surface area contributed by atoms with Gasteiger partial charge in [-0.15, -0.1) is 5.10 Å². The van der Waals surface area contributed by atoms with E-state index in [0.717, 1.165) is 12.1 Å². The maximum absolute atomic E-state index is 12.6. The first-order valence-electron chi connectivity index (χ1n) is 8.30. The van der Waals surface area contributed by atoms with Gasteiger partial charge in [0.2, 0.25) is 5.89 Å². The molecule has 0 bridgehead atoms. The molecule has 0 N–H and O–H groups in total. The number of amides is 1. The fourth-order valence-corrected chi connectivity index (χ4v) is 2.67. The van der Waals surface area contributed by atoms with Crippen molar-refractivity contribution in [2.75, 3.05) is 31.1 Å². The molecule has 1 aromatic carbocycles. The number of nitrogens with zero attached hydrogens (tertiary/aromatic N) is 4. The Morgan fingerprint density at radius 1 is 1.08 bits per heavy atom. The monoisotopic (exact) mass is 368 g/mol. The van der Waals surface area contributed by atoms with E-state index in [1.54, 1.807) is 4.90 Å². The van der Waals surface area contributed by atoms with Crippen molar-refractivity contribution in [1.82, 2.24) is 15.1 Å². The molecule has 3 rings (SSSR count). The SMILES string of the molecule is CC(C)c1nnc(N2CCN(C(=O)c3ccc(C(F)(F)F)cc3)CC2)o1. The number of aromatic nitrogens is 2. The van der Waals surface area contributed by atoms with Gasteiger partial charge in [0.15, 0.2) is 0 Å². The summed E-state index contributed by atoms with van der Waals surface area (Å²) in [5.74, 6) is 0.411. The Bertz CT molecular complexity index is 763. The van der Waals surface area contributed by atoms with Crippen molar-refractivity contribution >= 4 is 11.9 Å². The van der Waals surface area contributed by atoms with Crippen molar-refractivity contribution in [1.29, 1.82) is 0 Å². The molecule has 2 aromatic rings. The third-order valence-corrected chi connectivity index (χ3v) is 4.22. The summed E-state index contributed by atoms with van der Waals surface area (Å²) in [4.78, 5) is 16.0. The highest BCUT2D eigenvalue weighted by molar-refractivity contribution is 5.94. The summed E-state index contributed by atoms with van der Waals surface area (Å²) in [6.07, 6.45) is -4.41. The molecule has 26 heavy (non-hydrogen) atoms. The molecule has 0 radical (unpaired) electrons. The summed E-state index contributed by atoms with van der Waals surface area (Å²) in [5.41, 5.74) is -0.525. The van der Waals surface area contributed by atoms with Crippen LogP contribution >= 0.6 is 0 Å². The lowest BCUT2D eigenvalue weighted by Crippen LogP contribution is -2.49. The molecule has 0 saturated carbocycles. The van der Waals surface area contributed by atoms with Crippen LogP contribution in [0.5, 0.6) is 0 Å². The highest BCUT2D eigenvalue weighted by Crippen LogP contribution is 2.29. The predicted molar refractivity (Wildman–Crippen MR) is 87.9 cm³/mol. The minimum atomic E-state index is -4.41. The molecule has 6 nitrogen and oxygen atoms in total. The Kier molecular flexibility index (Phi) is 4.88. The summed E-state index contributed by atoms with van der Waals surface area (Å²) < 4.78 is 43.4. The Labute approximate surface area is 148 Å². The van der Waals surface area contributed by atoms with Gasteiger partial charge in [-0.05, 0) is 24.3 Å². The standard InChI is InChI=1S/C17H19F3N4O2/c1-11(2)14-21-22-16(26-14)24-9-7-23(8-10-24)15(25)12-3-5-13(6-4-12)17(18,19)20/h3-6,11H,7-10H2,1-2H3. The Balaban J connectivity index is 1.61. The molecule has 1 aliphatic heterocycles. The lowest BCUT2D eigenvalue weighted by molar-refractivity contribution is -0.137. The molecule has 2 heterocycles. The second-order valence-electron chi connectivity index (χ2n) is 6.43. The molecule has 1 fully saturated rings. The average molecular weight is 368 g/mol. The Morgan fingerprint density at radius 2 is 1.69 bits per heavy atom. The van der Waals surface area contributed by atoms with Crippen LogP contribution < -0.4 is 4.90 Å². The van der Waals surface area contributed by atoms with Crippen LogP contribution in [0.15, 0.2) is 28.7 Å². The maximum Gasteiger partial charge on any atom is 0.416 e. The molecule has 0 spiro atoms. The average Bonchev–Trinajstić information content (AvgIpc) is 3.11. The third kappa shape index (κ3) is 3.81. The van der Waals surface area contributed by atoms with Crippen LogP contribution in [-0.2, 0) is 6.18 Å². The molecule has 0 aliphatic carbocycles. The molecule has 1 saturated heterocycles. The maximum atomic E-state index is 12.6. The van der Waals surface area contributed by atoms with Crippen LogP contribution in [0.4, 0.5) is 19.2 Å².